The summed E-state index contributed by atoms with van der Waals surface area (Å²) in [4.78, 5) is 0. The summed E-state index contributed by atoms with van der Waals surface area (Å²) in [7, 11) is 0. The molecule has 2 aliphatic rings. The normalized spacial score (nSPS) is 33.5. The van der Waals surface area contributed by atoms with E-state index in [0.29, 0.717) is 5.41 Å². The van der Waals surface area contributed by atoms with Gasteiger partial charge in [-0.3, -0.25) is 0 Å². The molecule has 1 nitrogen and oxygen atoms in total. The Morgan fingerprint density at radius 1 is 1.15 bits per heavy atom. The summed E-state index contributed by atoms with van der Waals surface area (Å²) in [5.41, 5.74) is 0.689. The number of rotatable bonds is 2. The van der Waals surface area contributed by atoms with Crippen LogP contribution in [-0.4, -0.2) is 12.6 Å². The van der Waals surface area contributed by atoms with E-state index in [1.807, 2.05) is 0 Å². The summed E-state index contributed by atoms with van der Waals surface area (Å²) in [6, 6.07) is 0.859. The molecule has 2 fully saturated rings. The summed E-state index contributed by atoms with van der Waals surface area (Å²) < 4.78 is 0. The van der Waals surface area contributed by atoms with Crippen LogP contribution in [0.3, 0.4) is 0 Å². The Balaban J connectivity index is 2.03. The zero-order chi connectivity index (χ0) is 9.15. The van der Waals surface area contributed by atoms with Crippen LogP contribution in [-0.2, 0) is 0 Å². The highest BCUT2D eigenvalue weighted by atomic mass is 15.0. The maximum atomic E-state index is 3.72. The van der Waals surface area contributed by atoms with Gasteiger partial charge in [0.05, 0.1) is 0 Å². The number of hydrogen-bond acceptors (Lipinski definition) is 1. The lowest BCUT2D eigenvalue weighted by Gasteiger charge is -2.41. The first-order chi connectivity index (χ1) is 6.37. The largest absolute Gasteiger partial charge is 0.313 e. The molecule has 1 aliphatic carbocycles. The fourth-order valence-electron chi connectivity index (χ4n) is 3.41. The third kappa shape index (κ3) is 1.76. The first-order valence-electron chi connectivity index (χ1n) is 6.11. The minimum Gasteiger partial charge on any atom is -0.313 e. The monoisotopic (exact) mass is 181 g/mol. The molecule has 1 saturated carbocycles. The van der Waals surface area contributed by atoms with Crippen LogP contribution in [0.4, 0.5) is 0 Å². The van der Waals surface area contributed by atoms with Crippen LogP contribution in [0, 0.1) is 5.41 Å². The van der Waals surface area contributed by atoms with E-state index in [1.54, 1.807) is 0 Å². The molecule has 2 rings (SSSR count). The Kier molecular flexibility index (Phi) is 2.92. The van der Waals surface area contributed by atoms with Crippen molar-refractivity contribution in [1.82, 2.24) is 5.32 Å². The third-order valence-electron chi connectivity index (χ3n) is 4.35. The number of hydrogen-bond donors (Lipinski definition) is 1. The fourth-order valence-corrected chi connectivity index (χ4v) is 3.41. The molecule has 0 bridgehead atoms. The molecule has 0 spiro atoms. The second-order valence-electron chi connectivity index (χ2n) is 4.93. The van der Waals surface area contributed by atoms with Gasteiger partial charge in [-0.25, -0.2) is 0 Å². The molecular weight excluding hydrogens is 158 g/mol. The van der Waals surface area contributed by atoms with Gasteiger partial charge in [0.25, 0.3) is 0 Å². The van der Waals surface area contributed by atoms with Gasteiger partial charge in [-0.2, -0.15) is 0 Å². The zero-order valence-electron chi connectivity index (χ0n) is 8.94. The third-order valence-corrected chi connectivity index (χ3v) is 4.35. The molecule has 1 heteroatoms. The molecule has 0 aromatic carbocycles. The highest BCUT2D eigenvalue weighted by Crippen LogP contribution is 2.44. The van der Waals surface area contributed by atoms with Crippen molar-refractivity contribution in [2.24, 2.45) is 5.41 Å². The van der Waals surface area contributed by atoms with Crippen molar-refractivity contribution in [1.29, 1.82) is 0 Å². The SMILES string of the molecule is CCC1(C2CCCN2)CCCCC1. The van der Waals surface area contributed by atoms with Gasteiger partial charge in [0.15, 0.2) is 0 Å². The Morgan fingerprint density at radius 2 is 1.92 bits per heavy atom. The molecule has 1 aliphatic heterocycles. The average Bonchev–Trinajstić information content (AvgIpc) is 2.72. The molecule has 13 heavy (non-hydrogen) atoms. The van der Waals surface area contributed by atoms with Crippen LogP contribution in [0.15, 0.2) is 0 Å². The van der Waals surface area contributed by atoms with Gasteiger partial charge >= 0.3 is 0 Å². The van der Waals surface area contributed by atoms with E-state index in [-0.39, 0.29) is 0 Å². The maximum Gasteiger partial charge on any atom is 0.0124 e. The van der Waals surface area contributed by atoms with Crippen LogP contribution in [0.5, 0.6) is 0 Å². The highest BCUT2D eigenvalue weighted by Gasteiger charge is 2.38. The van der Waals surface area contributed by atoms with Gasteiger partial charge in [0.1, 0.15) is 0 Å². The van der Waals surface area contributed by atoms with Crippen LogP contribution >= 0.6 is 0 Å². The van der Waals surface area contributed by atoms with Gasteiger partial charge < -0.3 is 5.32 Å². The quantitative estimate of drug-likeness (QED) is 0.690. The second-order valence-corrected chi connectivity index (χ2v) is 4.93. The van der Waals surface area contributed by atoms with Crippen molar-refractivity contribution in [3.05, 3.63) is 0 Å². The second kappa shape index (κ2) is 4.00. The summed E-state index contributed by atoms with van der Waals surface area (Å²) in [6.07, 6.45) is 11.7. The van der Waals surface area contributed by atoms with Crippen molar-refractivity contribution in [3.63, 3.8) is 0 Å². The average molecular weight is 181 g/mol. The lowest BCUT2D eigenvalue weighted by Crippen LogP contribution is -2.42. The Labute approximate surface area is 82.3 Å². The molecule has 0 aromatic rings. The molecule has 1 saturated heterocycles. The zero-order valence-corrected chi connectivity index (χ0v) is 8.94. The predicted molar refractivity (Wildman–Crippen MR) is 56.8 cm³/mol. The summed E-state index contributed by atoms with van der Waals surface area (Å²) >= 11 is 0. The first-order valence-corrected chi connectivity index (χ1v) is 6.11. The van der Waals surface area contributed by atoms with E-state index in [9.17, 15) is 0 Å². The molecule has 1 N–H and O–H groups in total. The Bertz CT molecular complexity index is 153. The topological polar surface area (TPSA) is 12.0 Å². The molecule has 1 unspecified atom stereocenters. The summed E-state index contributed by atoms with van der Waals surface area (Å²) in [6.45, 7) is 3.66. The van der Waals surface area contributed by atoms with Crippen LogP contribution < -0.4 is 5.32 Å². The van der Waals surface area contributed by atoms with Crippen molar-refractivity contribution in [2.45, 2.75) is 64.3 Å². The molecule has 76 valence electrons. The van der Waals surface area contributed by atoms with E-state index in [1.165, 1.54) is 57.9 Å². The van der Waals surface area contributed by atoms with E-state index >= 15 is 0 Å². The van der Waals surface area contributed by atoms with Gasteiger partial charge in [0.2, 0.25) is 0 Å². The highest BCUT2D eigenvalue weighted by molar-refractivity contribution is 4.94. The fraction of sp³-hybridized carbons (Fsp3) is 1.00. The van der Waals surface area contributed by atoms with Crippen molar-refractivity contribution in [2.75, 3.05) is 6.54 Å². The van der Waals surface area contributed by atoms with Crippen molar-refractivity contribution >= 4 is 0 Å². The first kappa shape index (κ1) is 9.51. The smallest absolute Gasteiger partial charge is 0.0124 e. The van der Waals surface area contributed by atoms with E-state index in [2.05, 4.69) is 12.2 Å². The van der Waals surface area contributed by atoms with Gasteiger partial charge in [-0.1, -0.05) is 26.2 Å². The number of nitrogens with one attached hydrogen (secondary N) is 1. The standard InChI is InChI=1S/C12H23N/c1-2-12(8-4-3-5-9-12)11-7-6-10-13-11/h11,13H,2-10H2,1H3. The molecule has 0 radical (unpaired) electrons. The molecule has 0 amide bonds. The van der Waals surface area contributed by atoms with E-state index < -0.39 is 0 Å². The minimum absolute atomic E-state index is 0.689. The molecule has 0 aromatic heterocycles. The van der Waals surface area contributed by atoms with Gasteiger partial charge in [-0.15, -0.1) is 0 Å². The predicted octanol–water partition coefficient (Wildman–Crippen LogP) is 3.10. The maximum absolute atomic E-state index is 3.72. The van der Waals surface area contributed by atoms with Crippen molar-refractivity contribution in [3.8, 4) is 0 Å². The van der Waals surface area contributed by atoms with Crippen molar-refractivity contribution < 1.29 is 0 Å². The summed E-state index contributed by atoms with van der Waals surface area (Å²) in [5.74, 6) is 0. The van der Waals surface area contributed by atoms with Crippen LogP contribution in [0.1, 0.15) is 58.3 Å². The summed E-state index contributed by atoms with van der Waals surface area (Å²) in [5, 5.41) is 3.72. The van der Waals surface area contributed by atoms with Crippen LogP contribution in [0.2, 0.25) is 0 Å². The lowest BCUT2D eigenvalue weighted by atomic mass is 9.67. The molecule has 1 heterocycles. The lowest BCUT2D eigenvalue weighted by molar-refractivity contribution is 0.126. The minimum atomic E-state index is 0.689. The van der Waals surface area contributed by atoms with Gasteiger partial charge in [0, 0.05) is 6.04 Å². The van der Waals surface area contributed by atoms with E-state index in [4.69, 9.17) is 0 Å². The van der Waals surface area contributed by atoms with E-state index in [0.717, 1.165) is 6.04 Å². The Hall–Kier alpha value is -0.0400. The van der Waals surface area contributed by atoms with Crippen LogP contribution in [0.25, 0.3) is 0 Å². The molecule has 1 atom stereocenters. The van der Waals surface area contributed by atoms with Gasteiger partial charge in [-0.05, 0) is 44.1 Å². The Morgan fingerprint density at radius 3 is 2.46 bits per heavy atom. The molecular formula is C12H23N.